The van der Waals surface area contributed by atoms with Gasteiger partial charge in [0.15, 0.2) is 0 Å². The highest BCUT2D eigenvalue weighted by molar-refractivity contribution is 6.32. The molecule has 186 valence electrons. The molecular formula is C27H25FN2O6. The van der Waals surface area contributed by atoms with E-state index in [1.54, 1.807) is 36.4 Å². The van der Waals surface area contributed by atoms with Crippen molar-refractivity contribution in [2.75, 3.05) is 19.0 Å². The molecule has 2 N–H and O–H groups in total. The van der Waals surface area contributed by atoms with E-state index >= 15 is 0 Å². The number of nitrogens with one attached hydrogen (secondary N) is 1. The predicted octanol–water partition coefficient (Wildman–Crippen LogP) is 3.13. The van der Waals surface area contributed by atoms with Crippen molar-refractivity contribution in [3.63, 3.8) is 0 Å². The lowest BCUT2D eigenvalue weighted by Crippen LogP contribution is -2.41. The molecule has 8 nitrogen and oxygen atoms in total. The first-order chi connectivity index (χ1) is 17.1. The summed E-state index contributed by atoms with van der Waals surface area (Å²) in [4.78, 5) is 39.1. The molecule has 0 saturated carbocycles. The summed E-state index contributed by atoms with van der Waals surface area (Å²) in [6, 6.07) is 10.1. The van der Waals surface area contributed by atoms with E-state index in [9.17, 15) is 23.9 Å². The van der Waals surface area contributed by atoms with Crippen LogP contribution in [-0.4, -0.2) is 59.2 Å². The molecule has 3 aliphatic heterocycles. The number of amides is 2. The minimum Gasteiger partial charge on any atom is -0.482 e. The van der Waals surface area contributed by atoms with Crippen LogP contribution in [0.5, 0.6) is 0 Å². The molecule has 0 aromatic heterocycles. The molecule has 9 heteroatoms. The Balaban J connectivity index is 1.45. The van der Waals surface area contributed by atoms with Gasteiger partial charge in [0.25, 0.3) is 11.8 Å². The number of anilines is 1. The summed E-state index contributed by atoms with van der Waals surface area (Å²) in [5, 5.41) is 12.7. The molecule has 0 radical (unpaired) electrons. The van der Waals surface area contributed by atoms with Crippen molar-refractivity contribution in [3.8, 4) is 0 Å². The number of esters is 1. The first-order valence-corrected chi connectivity index (χ1v) is 11.5. The van der Waals surface area contributed by atoms with Crippen LogP contribution in [-0.2, 0) is 19.1 Å². The lowest BCUT2D eigenvalue weighted by atomic mass is 9.91. The van der Waals surface area contributed by atoms with Crippen LogP contribution in [0.2, 0.25) is 0 Å². The Bertz CT molecular complexity index is 1340. The Kier molecular flexibility index (Phi) is 5.67. The molecule has 2 atom stereocenters. The molecule has 2 amide bonds. The number of carbonyl (C=O) groups excluding carboxylic acids is 3. The summed E-state index contributed by atoms with van der Waals surface area (Å²) >= 11 is 0. The highest BCUT2D eigenvalue weighted by atomic mass is 19.1. The molecular weight excluding hydrogens is 467 g/mol. The van der Waals surface area contributed by atoms with Crippen molar-refractivity contribution < 1.29 is 33.4 Å². The topological polar surface area (TPSA) is 105 Å². The average molecular weight is 493 g/mol. The summed E-state index contributed by atoms with van der Waals surface area (Å²) in [5.41, 5.74) is 2.48. The van der Waals surface area contributed by atoms with Crippen LogP contribution in [0.15, 0.2) is 54.3 Å². The smallest absolute Gasteiger partial charge is 0.328 e. The van der Waals surface area contributed by atoms with Gasteiger partial charge >= 0.3 is 5.97 Å². The maximum atomic E-state index is 13.6. The summed E-state index contributed by atoms with van der Waals surface area (Å²) in [5.74, 6) is -1.37. The van der Waals surface area contributed by atoms with Crippen molar-refractivity contribution in [2.24, 2.45) is 0 Å². The second-order valence-corrected chi connectivity index (χ2v) is 9.52. The number of halogens is 1. The summed E-state index contributed by atoms with van der Waals surface area (Å²) in [6.07, 6.45) is 1.13. The van der Waals surface area contributed by atoms with E-state index in [0.29, 0.717) is 28.1 Å². The van der Waals surface area contributed by atoms with Crippen LogP contribution in [0.3, 0.4) is 0 Å². The number of β-amino-alcohol motifs (C(OH)–C–C–N with tert-alkyl or cyclic N) is 1. The molecule has 2 aromatic carbocycles. The van der Waals surface area contributed by atoms with Crippen LogP contribution in [0, 0.1) is 5.82 Å². The highest BCUT2D eigenvalue weighted by Crippen LogP contribution is 2.44. The Labute approximate surface area is 207 Å². The van der Waals surface area contributed by atoms with Gasteiger partial charge in [-0.3, -0.25) is 9.59 Å². The van der Waals surface area contributed by atoms with E-state index in [2.05, 4.69) is 5.32 Å². The second kappa shape index (κ2) is 8.60. The largest absolute Gasteiger partial charge is 0.482 e. The number of nitrogens with zero attached hydrogens (tertiary/aromatic N) is 1. The van der Waals surface area contributed by atoms with Crippen LogP contribution < -0.4 is 5.32 Å². The standard InChI is InChI=1S/C27H25FN2O6/c1-27(2)19(12-22(36-27)23-18-9-8-16(28)10-20(18)29-24(23)32)14-4-6-15(7-5-14)25(33)30-13-17(31)11-21(30)26(34)35-3/h4-10,12,17,21,31H,11,13H2,1-3H3,(H,29,32)/b23-22+. The van der Waals surface area contributed by atoms with Gasteiger partial charge < -0.3 is 24.8 Å². The number of aliphatic hydroxyl groups excluding tert-OH is 1. The number of methoxy groups -OCH3 is 1. The molecule has 2 unspecified atom stereocenters. The summed E-state index contributed by atoms with van der Waals surface area (Å²) in [7, 11) is 1.25. The molecule has 36 heavy (non-hydrogen) atoms. The Hall–Kier alpha value is -3.98. The van der Waals surface area contributed by atoms with Crippen LogP contribution in [0.4, 0.5) is 10.1 Å². The molecule has 3 heterocycles. The number of ether oxygens (including phenoxy) is 2. The minimum absolute atomic E-state index is 0.0523. The van der Waals surface area contributed by atoms with Crippen LogP contribution in [0.1, 0.15) is 41.8 Å². The molecule has 0 aliphatic carbocycles. The minimum atomic E-state index is -0.829. The van der Waals surface area contributed by atoms with E-state index in [1.807, 2.05) is 13.8 Å². The van der Waals surface area contributed by atoms with Crippen molar-refractivity contribution in [2.45, 2.75) is 38.0 Å². The molecule has 3 aliphatic rings. The second-order valence-electron chi connectivity index (χ2n) is 9.52. The van der Waals surface area contributed by atoms with Gasteiger partial charge in [-0.15, -0.1) is 0 Å². The van der Waals surface area contributed by atoms with Crippen LogP contribution in [0.25, 0.3) is 11.1 Å². The third-order valence-corrected chi connectivity index (χ3v) is 6.72. The van der Waals surface area contributed by atoms with Crippen molar-refractivity contribution in [1.29, 1.82) is 0 Å². The molecule has 0 bridgehead atoms. The zero-order valence-corrected chi connectivity index (χ0v) is 20.0. The molecule has 5 rings (SSSR count). The van der Waals surface area contributed by atoms with Gasteiger partial charge in [-0.1, -0.05) is 12.1 Å². The van der Waals surface area contributed by atoms with Gasteiger partial charge in [-0.25, -0.2) is 9.18 Å². The fourth-order valence-corrected chi connectivity index (χ4v) is 4.96. The lowest BCUT2D eigenvalue weighted by Gasteiger charge is -2.24. The van der Waals surface area contributed by atoms with E-state index in [-0.39, 0.29) is 24.8 Å². The molecule has 1 saturated heterocycles. The number of benzene rings is 2. The average Bonchev–Trinajstić information content (AvgIpc) is 3.49. The number of carbonyl (C=O) groups is 3. The van der Waals surface area contributed by atoms with Crippen molar-refractivity contribution >= 4 is 34.6 Å². The fraction of sp³-hybridized carbons (Fsp3) is 0.296. The number of aliphatic hydroxyl groups is 1. The summed E-state index contributed by atoms with van der Waals surface area (Å²) in [6.45, 7) is 3.80. The third kappa shape index (κ3) is 3.95. The van der Waals surface area contributed by atoms with Gasteiger partial charge in [0, 0.05) is 29.7 Å². The first kappa shape index (κ1) is 23.7. The third-order valence-electron chi connectivity index (χ3n) is 6.72. The maximum absolute atomic E-state index is 13.6. The molecule has 0 spiro atoms. The quantitative estimate of drug-likeness (QED) is 0.504. The lowest BCUT2D eigenvalue weighted by molar-refractivity contribution is -0.145. The van der Waals surface area contributed by atoms with Crippen molar-refractivity contribution in [1.82, 2.24) is 4.90 Å². The Morgan fingerprint density at radius 1 is 1.19 bits per heavy atom. The number of hydrogen-bond acceptors (Lipinski definition) is 6. The van der Waals surface area contributed by atoms with Gasteiger partial charge in [0.05, 0.1) is 24.5 Å². The van der Waals surface area contributed by atoms with Crippen LogP contribution >= 0.6 is 0 Å². The zero-order valence-electron chi connectivity index (χ0n) is 20.0. The molecule has 1 fully saturated rings. The first-order valence-electron chi connectivity index (χ1n) is 11.5. The van der Waals surface area contributed by atoms with E-state index in [0.717, 1.165) is 11.1 Å². The number of fused-ring (bicyclic) bond motifs is 1. The zero-order chi connectivity index (χ0) is 25.8. The van der Waals surface area contributed by atoms with Gasteiger partial charge in [0.2, 0.25) is 0 Å². The van der Waals surface area contributed by atoms with Gasteiger partial charge in [-0.05, 0) is 55.8 Å². The van der Waals surface area contributed by atoms with Crippen molar-refractivity contribution in [3.05, 3.63) is 76.8 Å². The predicted molar refractivity (Wildman–Crippen MR) is 129 cm³/mol. The highest BCUT2D eigenvalue weighted by Gasteiger charge is 2.41. The normalized spacial score (nSPS) is 24.2. The summed E-state index contributed by atoms with van der Waals surface area (Å²) < 4.78 is 24.6. The van der Waals surface area contributed by atoms with Gasteiger partial charge in [0.1, 0.15) is 23.2 Å². The molecule has 2 aromatic rings. The number of rotatable bonds is 3. The number of hydrogen-bond donors (Lipinski definition) is 2. The van der Waals surface area contributed by atoms with Gasteiger partial charge in [-0.2, -0.15) is 0 Å². The van der Waals surface area contributed by atoms with E-state index in [4.69, 9.17) is 9.47 Å². The monoisotopic (exact) mass is 492 g/mol. The SMILES string of the molecule is COC(=O)C1CC(O)CN1C(=O)c1ccc(C2=C/C(=C3\C(=O)Nc4cc(F)ccc43)OC2(C)C)cc1. The van der Waals surface area contributed by atoms with E-state index in [1.165, 1.54) is 24.1 Å². The Morgan fingerprint density at radius 2 is 1.92 bits per heavy atom. The fourth-order valence-electron chi connectivity index (χ4n) is 4.96. The number of likely N-dealkylation sites (tertiary alicyclic amines) is 1. The Morgan fingerprint density at radius 3 is 2.61 bits per heavy atom. The maximum Gasteiger partial charge on any atom is 0.328 e. The number of allylic oxidation sites excluding steroid dienone is 1. The van der Waals surface area contributed by atoms with E-state index < -0.39 is 29.5 Å².